The minimum atomic E-state index is -0.794. The van der Waals surface area contributed by atoms with Crippen LogP contribution in [0.4, 0.5) is 10.5 Å². The van der Waals surface area contributed by atoms with Gasteiger partial charge >= 0.3 is 6.09 Å². The van der Waals surface area contributed by atoms with Crippen LogP contribution in [0.3, 0.4) is 0 Å². The number of benzene rings is 2. The third kappa shape index (κ3) is 6.65. The summed E-state index contributed by atoms with van der Waals surface area (Å²) in [5.41, 5.74) is 2.05. The zero-order chi connectivity index (χ0) is 29.1. The number of ether oxygens (including phenoxy) is 5. The molecule has 5 rings (SSSR count). The van der Waals surface area contributed by atoms with E-state index in [1.807, 2.05) is 43.9 Å². The number of amides is 2. The molecule has 0 bridgehead atoms. The smallest absolute Gasteiger partial charge is 0.417 e. The van der Waals surface area contributed by atoms with Crippen LogP contribution in [0.2, 0.25) is 0 Å². The molecule has 0 aromatic heterocycles. The van der Waals surface area contributed by atoms with E-state index >= 15 is 0 Å². The van der Waals surface area contributed by atoms with Crippen molar-refractivity contribution >= 4 is 33.6 Å². The quantitative estimate of drug-likeness (QED) is 0.327. The van der Waals surface area contributed by atoms with E-state index in [9.17, 15) is 9.59 Å². The molecule has 3 atom stereocenters. The van der Waals surface area contributed by atoms with E-state index in [4.69, 9.17) is 23.7 Å². The van der Waals surface area contributed by atoms with Crippen LogP contribution in [-0.2, 0) is 26.1 Å². The van der Waals surface area contributed by atoms with Crippen LogP contribution in [0, 0.1) is 0 Å². The fourth-order valence-electron chi connectivity index (χ4n) is 5.60. The number of carbonyl (C=O) groups excluding carboxylic acids is 2. The summed E-state index contributed by atoms with van der Waals surface area (Å²) in [4.78, 5) is 31.3. The normalized spacial score (nSPS) is 22.6. The number of alkyl halides is 1. The molecule has 3 aliphatic rings. The van der Waals surface area contributed by atoms with Gasteiger partial charge in [-0.25, -0.2) is 9.69 Å². The fraction of sp³-hybridized carbons (Fsp3) is 0.548. The van der Waals surface area contributed by atoms with Gasteiger partial charge in [0.15, 0.2) is 24.0 Å². The first-order valence-electron chi connectivity index (χ1n) is 14.3. The lowest BCUT2D eigenvalue weighted by Gasteiger charge is -2.39. The van der Waals surface area contributed by atoms with Gasteiger partial charge in [0.25, 0.3) is 5.91 Å². The van der Waals surface area contributed by atoms with E-state index in [1.54, 1.807) is 12.1 Å². The maximum absolute atomic E-state index is 14.0. The molecule has 3 heterocycles. The summed E-state index contributed by atoms with van der Waals surface area (Å²) >= 11 is 3.50. The monoisotopic (exact) mass is 630 g/mol. The minimum Gasteiger partial charge on any atom is -0.493 e. The molecular formula is C31H39BrN2O7. The molecule has 2 aromatic carbocycles. The number of fused-ring (bicyclic) bond motifs is 2. The SMILES string of the molecule is COc1cc2c(cc1OCc1cccc(CBr)c1)N(C(=O)OC(C)(C)C)[C@@H](OC1CCCCO1)[C@@H]1CCCN1C2=O. The van der Waals surface area contributed by atoms with Crippen molar-refractivity contribution in [1.82, 2.24) is 4.90 Å². The number of carbonyl (C=O) groups is 2. The predicted octanol–water partition coefficient (Wildman–Crippen LogP) is 6.40. The van der Waals surface area contributed by atoms with Gasteiger partial charge in [-0.15, -0.1) is 0 Å². The lowest BCUT2D eigenvalue weighted by Crippen LogP contribution is -2.54. The Morgan fingerprint density at radius 2 is 1.88 bits per heavy atom. The fourth-order valence-corrected chi connectivity index (χ4v) is 5.95. The van der Waals surface area contributed by atoms with Crippen molar-refractivity contribution in [3.05, 3.63) is 53.1 Å². The second-order valence-electron chi connectivity index (χ2n) is 11.6. The first-order valence-corrected chi connectivity index (χ1v) is 15.4. The summed E-state index contributed by atoms with van der Waals surface area (Å²) in [5, 5.41) is 0.736. The average molecular weight is 632 g/mol. The van der Waals surface area contributed by atoms with Crippen LogP contribution in [0.5, 0.6) is 11.5 Å². The highest BCUT2D eigenvalue weighted by molar-refractivity contribution is 9.08. The molecular weight excluding hydrogens is 592 g/mol. The topological polar surface area (TPSA) is 86.8 Å². The number of methoxy groups -OCH3 is 1. The van der Waals surface area contributed by atoms with Gasteiger partial charge in [0.1, 0.15) is 12.2 Å². The van der Waals surface area contributed by atoms with Crippen molar-refractivity contribution in [3.63, 3.8) is 0 Å². The van der Waals surface area contributed by atoms with E-state index < -0.39 is 24.2 Å². The Hall–Kier alpha value is -2.82. The molecule has 1 unspecified atom stereocenters. The molecule has 222 valence electrons. The van der Waals surface area contributed by atoms with Crippen molar-refractivity contribution in [2.45, 2.75) is 89.0 Å². The molecule has 2 amide bonds. The number of nitrogens with zero attached hydrogens (tertiary/aromatic N) is 2. The average Bonchev–Trinajstić information content (AvgIpc) is 3.42. The molecule has 2 aromatic rings. The molecule has 2 saturated heterocycles. The van der Waals surface area contributed by atoms with Crippen molar-refractivity contribution in [2.24, 2.45) is 0 Å². The van der Waals surface area contributed by atoms with Crippen LogP contribution in [0.1, 0.15) is 74.4 Å². The van der Waals surface area contributed by atoms with Crippen LogP contribution >= 0.6 is 15.9 Å². The van der Waals surface area contributed by atoms with Gasteiger partial charge in [-0.1, -0.05) is 40.2 Å². The molecule has 9 nitrogen and oxygen atoms in total. The Balaban J connectivity index is 1.58. The summed E-state index contributed by atoms with van der Waals surface area (Å²) in [5.74, 6) is 0.636. The summed E-state index contributed by atoms with van der Waals surface area (Å²) in [6.45, 7) is 6.91. The highest BCUT2D eigenvalue weighted by atomic mass is 79.9. The number of rotatable bonds is 7. The first-order chi connectivity index (χ1) is 19.7. The Bertz CT molecular complexity index is 1260. The maximum Gasteiger partial charge on any atom is 0.417 e. The molecule has 41 heavy (non-hydrogen) atoms. The van der Waals surface area contributed by atoms with E-state index in [-0.39, 0.29) is 18.6 Å². The number of anilines is 1. The third-order valence-electron chi connectivity index (χ3n) is 7.47. The lowest BCUT2D eigenvalue weighted by molar-refractivity contribution is -0.195. The van der Waals surface area contributed by atoms with E-state index in [1.165, 1.54) is 12.0 Å². The summed E-state index contributed by atoms with van der Waals surface area (Å²) in [6, 6.07) is 11.1. The molecule has 0 N–H and O–H groups in total. The van der Waals surface area contributed by atoms with E-state index in [2.05, 4.69) is 22.0 Å². The molecule has 0 spiro atoms. The zero-order valence-electron chi connectivity index (χ0n) is 24.2. The maximum atomic E-state index is 14.0. The number of hydrogen-bond acceptors (Lipinski definition) is 7. The Morgan fingerprint density at radius 1 is 1.07 bits per heavy atom. The van der Waals surface area contributed by atoms with Crippen LogP contribution < -0.4 is 14.4 Å². The van der Waals surface area contributed by atoms with Crippen molar-refractivity contribution in [1.29, 1.82) is 0 Å². The van der Waals surface area contributed by atoms with Crippen molar-refractivity contribution in [2.75, 3.05) is 25.2 Å². The second-order valence-corrected chi connectivity index (χ2v) is 12.2. The minimum absolute atomic E-state index is 0.179. The van der Waals surface area contributed by atoms with Gasteiger partial charge in [-0.05, 0) is 70.1 Å². The summed E-state index contributed by atoms with van der Waals surface area (Å²) in [7, 11) is 1.54. The van der Waals surface area contributed by atoms with Crippen LogP contribution in [0.25, 0.3) is 0 Å². The molecule has 0 aliphatic carbocycles. The Morgan fingerprint density at radius 3 is 2.59 bits per heavy atom. The molecule has 0 saturated carbocycles. The van der Waals surface area contributed by atoms with Crippen molar-refractivity contribution in [3.8, 4) is 11.5 Å². The summed E-state index contributed by atoms with van der Waals surface area (Å²) < 4.78 is 30.3. The van der Waals surface area contributed by atoms with E-state index in [0.717, 1.165) is 42.1 Å². The highest BCUT2D eigenvalue weighted by Gasteiger charge is 2.48. The van der Waals surface area contributed by atoms with Gasteiger partial charge in [-0.2, -0.15) is 0 Å². The van der Waals surface area contributed by atoms with Crippen LogP contribution in [0.15, 0.2) is 36.4 Å². The molecule has 2 fully saturated rings. The zero-order valence-corrected chi connectivity index (χ0v) is 25.8. The molecule has 0 radical (unpaired) electrons. The van der Waals surface area contributed by atoms with Gasteiger partial charge < -0.3 is 28.6 Å². The summed E-state index contributed by atoms with van der Waals surface area (Å²) in [6.07, 6.45) is 2.30. The Kier molecular flexibility index (Phi) is 9.11. The van der Waals surface area contributed by atoms with Gasteiger partial charge in [0.05, 0.1) is 24.4 Å². The van der Waals surface area contributed by atoms with Gasteiger partial charge in [0.2, 0.25) is 0 Å². The van der Waals surface area contributed by atoms with Gasteiger partial charge in [0, 0.05) is 24.5 Å². The highest BCUT2D eigenvalue weighted by Crippen LogP contribution is 2.43. The Labute approximate surface area is 250 Å². The molecule has 10 heteroatoms. The first kappa shape index (κ1) is 29.7. The number of hydrogen-bond donors (Lipinski definition) is 0. The predicted molar refractivity (Wildman–Crippen MR) is 158 cm³/mol. The standard InChI is InChI=1S/C31H39BrN2O7/c1-31(2,3)41-30(36)34-24-17-26(39-19-21-10-7-9-20(15-21)18-32)25(37-4)16-22(24)28(35)33-13-8-11-23(33)29(34)40-27-12-5-6-14-38-27/h7,9-10,15-17,23,27,29H,5-6,8,11-14,18-19H2,1-4H3/t23-,27?,29-/m0/s1. The lowest BCUT2D eigenvalue weighted by atomic mass is 10.1. The van der Waals surface area contributed by atoms with E-state index in [0.29, 0.717) is 42.3 Å². The van der Waals surface area contributed by atoms with Crippen LogP contribution in [-0.4, -0.2) is 61.3 Å². The second kappa shape index (κ2) is 12.6. The molecule has 3 aliphatic heterocycles. The number of halogens is 1. The largest absolute Gasteiger partial charge is 0.493 e. The third-order valence-corrected chi connectivity index (χ3v) is 8.12. The van der Waals surface area contributed by atoms with Gasteiger partial charge in [-0.3, -0.25) is 4.79 Å². The van der Waals surface area contributed by atoms with Crippen molar-refractivity contribution < 1.29 is 33.3 Å².